The second-order valence-corrected chi connectivity index (χ2v) is 5.49. The average molecular weight is 335 g/mol. The van der Waals surface area contributed by atoms with Gasteiger partial charge in [-0.05, 0) is 12.1 Å². The molecule has 9 heteroatoms. The quantitative estimate of drug-likeness (QED) is 0.738. The van der Waals surface area contributed by atoms with Gasteiger partial charge in [0.05, 0.1) is 6.42 Å². The van der Waals surface area contributed by atoms with Gasteiger partial charge in [-0.2, -0.15) is 0 Å². The number of carbonyl (C=O) groups is 2. The zero-order chi connectivity index (χ0) is 16.2. The minimum absolute atomic E-state index is 0.0661. The van der Waals surface area contributed by atoms with E-state index in [9.17, 15) is 9.59 Å². The Labute approximate surface area is 135 Å². The van der Waals surface area contributed by atoms with Gasteiger partial charge >= 0.3 is 5.97 Å². The van der Waals surface area contributed by atoms with Crippen LogP contribution < -0.4 is 20.1 Å². The number of ether oxygens (including phenoxy) is 2. The summed E-state index contributed by atoms with van der Waals surface area (Å²) in [6.45, 7) is 0.271. The molecule has 2 heterocycles. The van der Waals surface area contributed by atoms with Gasteiger partial charge in [0.1, 0.15) is 5.69 Å². The lowest BCUT2D eigenvalue weighted by Gasteiger charge is -2.03. The van der Waals surface area contributed by atoms with E-state index in [1.165, 1.54) is 11.3 Å². The molecule has 23 heavy (non-hydrogen) atoms. The number of carboxylic acid groups (broad SMARTS) is 1. The van der Waals surface area contributed by atoms with Crippen molar-refractivity contribution < 1.29 is 24.2 Å². The van der Waals surface area contributed by atoms with E-state index in [1.54, 1.807) is 17.5 Å². The summed E-state index contributed by atoms with van der Waals surface area (Å²) in [4.78, 5) is 26.4. The van der Waals surface area contributed by atoms with Crippen molar-refractivity contribution in [3.63, 3.8) is 0 Å². The maximum absolute atomic E-state index is 11.8. The van der Waals surface area contributed by atoms with Gasteiger partial charge in [-0.3, -0.25) is 9.59 Å². The average Bonchev–Trinajstić information content (AvgIpc) is 3.15. The van der Waals surface area contributed by atoms with Crippen molar-refractivity contribution >= 4 is 34.0 Å². The van der Waals surface area contributed by atoms with Crippen LogP contribution in [0.4, 0.5) is 10.8 Å². The van der Waals surface area contributed by atoms with Crippen LogP contribution in [0.5, 0.6) is 11.5 Å². The summed E-state index contributed by atoms with van der Waals surface area (Å²) >= 11 is 1.27. The lowest BCUT2D eigenvalue weighted by Crippen LogP contribution is -2.26. The molecule has 0 saturated heterocycles. The fourth-order valence-corrected chi connectivity index (χ4v) is 2.62. The monoisotopic (exact) mass is 335 g/mol. The first-order valence-electron chi connectivity index (χ1n) is 6.74. The first kappa shape index (κ1) is 15.1. The Kier molecular flexibility index (Phi) is 4.29. The van der Waals surface area contributed by atoms with Gasteiger partial charge in [0, 0.05) is 23.7 Å². The number of aliphatic carboxylic acids is 1. The van der Waals surface area contributed by atoms with E-state index >= 15 is 0 Å². The van der Waals surface area contributed by atoms with Crippen LogP contribution in [-0.4, -0.2) is 35.3 Å². The molecule has 0 bridgehead atoms. The number of aromatic nitrogens is 1. The van der Waals surface area contributed by atoms with E-state index in [0.29, 0.717) is 16.6 Å². The van der Waals surface area contributed by atoms with E-state index in [0.717, 1.165) is 5.69 Å². The van der Waals surface area contributed by atoms with E-state index in [2.05, 4.69) is 15.6 Å². The van der Waals surface area contributed by atoms with Gasteiger partial charge < -0.3 is 25.2 Å². The number of amides is 1. The fraction of sp³-hybridized carbons (Fsp3) is 0.214. The number of nitrogens with one attached hydrogen (secondary N) is 2. The smallest absolute Gasteiger partial charge is 0.305 e. The fourth-order valence-electron chi connectivity index (χ4n) is 1.91. The number of thiazole rings is 1. The summed E-state index contributed by atoms with van der Waals surface area (Å²) in [5.41, 5.74) is 1.00. The van der Waals surface area contributed by atoms with Crippen LogP contribution in [0, 0.1) is 0 Å². The largest absolute Gasteiger partial charge is 0.481 e. The molecule has 120 valence electrons. The van der Waals surface area contributed by atoms with Crippen LogP contribution in [0.25, 0.3) is 0 Å². The number of hydrogen-bond donors (Lipinski definition) is 3. The third-order valence-electron chi connectivity index (χ3n) is 2.99. The third-order valence-corrected chi connectivity index (χ3v) is 3.74. The Morgan fingerprint density at radius 3 is 2.96 bits per heavy atom. The topological polar surface area (TPSA) is 110 Å². The molecule has 1 aromatic carbocycles. The van der Waals surface area contributed by atoms with Crippen LogP contribution in [0.15, 0.2) is 23.6 Å². The van der Waals surface area contributed by atoms with Crippen molar-refractivity contribution in [2.24, 2.45) is 0 Å². The molecule has 3 rings (SSSR count). The van der Waals surface area contributed by atoms with Crippen LogP contribution in [0.1, 0.15) is 16.9 Å². The minimum Gasteiger partial charge on any atom is -0.481 e. The predicted octanol–water partition coefficient (Wildman–Crippen LogP) is 1.82. The molecule has 0 unspecified atom stereocenters. The summed E-state index contributed by atoms with van der Waals surface area (Å²) < 4.78 is 10.5. The Balaban J connectivity index is 1.61. The van der Waals surface area contributed by atoms with Gasteiger partial charge in [-0.1, -0.05) is 0 Å². The molecule has 2 aromatic rings. The van der Waals surface area contributed by atoms with Gasteiger partial charge in [0.15, 0.2) is 16.6 Å². The van der Waals surface area contributed by atoms with Crippen LogP contribution in [-0.2, 0) is 4.79 Å². The van der Waals surface area contributed by atoms with Gasteiger partial charge in [0.25, 0.3) is 5.91 Å². The lowest BCUT2D eigenvalue weighted by molar-refractivity contribution is -0.136. The Morgan fingerprint density at radius 1 is 1.30 bits per heavy atom. The molecule has 0 aliphatic carbocycles. The molecule has 1 amide bonds. The maximum Gasteiger partial charge on any atom is 0.305 e. The number of benzene rings is 1. The maximum atomic E-state index is 11.8. The highest BCUT2D eigenvalue weighted by Crippen LogP contribution is 2.35. The number of rotatable bonds is 6. The highest BCUT2D eigenvalue weighted by molar-refractivity contribution is 7.14. The normalized spacial score (nSPS) is 12.0. The molecular weight excluding hydrogens is 322 g/mol. The van der Waals surface area contributed by atoms with Crippen molar-refractivity contribution in [2.75, 3.05) is 18.7 Å². The molecular formula is C14H13N3O5S. The molecule has 8 nitrogen and oxygen atoms in total. The Hall–Kier alpha value is -2.81. The van der Waals surface area contributed by atoms with Gasteiger partial charge in [-0.15, -0.1) is 11.3 Å². The number of nitrogens with zero attached hydrogens (tertiary/aromatic N) is 1. The highest BCUT2D eigenvalue weighted by Gasteiger charge is 2.15. The molecule has 0 saturated carbocycles. The molecule has 1 aliphatic rings. The molecule has 3 N–H and O–H groups in total. The van der Waals surface area contributed by atoms with Crippen LogP contribution >= 0.6 is 11.3 Å². The summed E-state index contributed by atoms with van der Waals surface area (Å²) in [7, 11) is 0. The van der Waals surface area contributed by atoms with Gasteiger partial charge in [-0.25, -0.2) is 4.98 Å². The molecule has 1 aliphatic heterocycles. The first-order valence-corrected chi connectivity index (χ1v) is 7.62. The standard InChI is InChI=1S/C14H13N3O5S/c18-12(19)3-4-15-13(20)9-6-23-14(17-9)16-8-1-2-10-11(5-8)22-7-21-10/h1-2,5-6H,3-4,7H2,(H,15,20)(H,16,17)(H,18,19). The Morgan fingerprint density at radius 2 is 2.13 bits per heavy atom. The highest BCUT2D eigenvalue weighted by atomic mass is 32.1. The minimum atomic E-state index is -0.964. The number of carboxylic acids is 1. The number of hydrogen-bond acceptors (Lipinski definition) is 7. The SMILES string of the molecule is O=C(O)CCNC(=O)c1csc(Nc2ccc3c(c2)OCO3)n1. The first-order chi connectivity index (χ1) is 11.1. The number of fused-ring (bicyclic) bond motifs is 1. The molecule has 0 spiro atoms. The zero-order valence-corrected chi connectivity index (χ0v) is 12.7. The van der Waals surface area contributed by atoms with E-state index in [1.807, 2.05) is 6.07 Å². The molecule has 0 atom stereocenters. The second-order valence-electron chi connectivity index (χ2n) is 4.63. The summed E-state index contributed by atoms with van der Waals surface area (Å²) in [6, 6.07) is 5.40. The van der Waals surface area contributed by atoms with Crippen molar-refractivity contribution in [1.82, 2.24) is 10.3 Å². The van der Waals surface area contributed by atoms with E-state index < -0.39 is 11.9 Å². The van der Waals surface area contributed by atoms with Gasteiger partial charge in [0.2, 0.25) is 6.79 Å². The molecule has 0 fully saturated rings. The number of carbonyl (C=O) groups excluding carboxylic acids is 1. The summed E-state index contributed by atoms with van der Waals surface area (Å²) in [5, 5.41) is 16.3. The zero-order valence-electron chi connectivity index (χ0n) is 11.9. The molecule has 1 aromatic heterocycles. The van der Waals surface area contributed by atoms with Crippen LogP contribution in [0.3, 0.4) is 0 Å². The summed E-state index contributed by atoms with van der Waals surface area (Å²) in [6.07, 6.45) is -0.127. The van der Waals surface area contributed by atoms with Crippen molar-refractivity contribution in [3.05, 3.63) is 29.3 Å². The number of anilines is 2. The lowest BCUT2D eigenvalue weighted by atomic mass is 10.3. The summed E-state index contributed by atoms with van der Waals surface area (Å²) in [5.74, 6) is -0.0265. The van der Waals surface area contributed by atoms with Crippen molar-refractivity contribution in [1.29, 1.82) is 0 Å². The van der Waals surface area contributed by atoms with E-state index in [4.69, 9.17) is 14.6 Å². The van der Waals surface area contributed by atoms with Crippen LogP contribution in [0.2, 0.25) is 0 Å². The Bertz CT molecular complexity index is 746. The van der Waals surface area contributed by atoms with Crippen molar-refractivity contribution in [2.45, 2.75) is 6.42 Å². The van der Waals surface area contributed by atoms with Crippen molar-refractivity contribution in [3.8, 4) is 11.5 Å². The molecule has 0 radical (unpaired) electrons. The second kappa shape index (κ2) is 6.53. The third kappa shape index (κ3) is 3.69. The predicted molar refractivity (Wildman–Crippen MR) is 82.5 cm³/mol. The van der Waals surface area contributed by atoms with E-state index in [-0.39, 0.29) is 25.5 Å².